The number of nitrogens with one attached hydrogen (secondary N) is 1. The predicted molar refractivity (Wildman–Crippen MR) is 76.2 cm³/mol. The second kappa shape index (κ2) is 4.72. The summed E-state index contributed by atoms with van der Waals surface area (Å²) in [5, 5.41) is 7.79. The van der Waals surface area contributed by atoms with Gasteiger partial charge in [0.2, 0.25) is 0 Å². The fourth-order valence-corrected chi connectivity index (χ4v) is 2.09. The average molecular weight is 252 g/mol. The van der Waals surface area contributed by atoms with Crippen molar-refractivity contribution in [3.8, 4) is 0 Å². The molecule has 1 N–H and O–H groups in total. The van der Waals surface area contributed by atoms with E-state index in [4.69, 9.17) is 0 Å². The van der Waals surface area contributed by atoms with Gasteiger partial charge >= 0.3 is 0 Å². The summed E-state index contributed by atoms with van der Waals surface area (Å²) in [6, 6.07) is 10.2. The minimum Gasteiger partial charge on any atom is -0.381 e. The molecule has 96 valence electrons. The summed E-state index contributed by atoms with van der Waals surface area (Å²) in [6.45, 7) is 4.81. The molecule has 0 aliphatic rings. The second-order valence-corrected chi connectivity index (χ2v) is 4.72. The number of hydrogen-bond acceptors (Lipinski definition) is 3. The maximum atomic E-state index is 4.40. The molecule has 2 aromatic heterocycles. The highest BCUT2D eigenvalue weighted by atomic mass is 15.2. The van der Waals surface area contributed by atoms with E-state index in [1.807, 2.05) is 42.0 Å². The first kappa shape index (κ1) is 11.7. The summed E-state index contributed by atoms with van der Waals surface area (Å²) in [5.74, 6) is 0. The highest BCUT2D eigenvalue weighted by molar-refractivity contribution is 5.50. The van der Waals surface area contributed by atoms with Crippen LogP contribution in [0.25, 0.3) is 5.65 Å². The van der Waals surface area contributed by atoms with Gasteiger partial charge in [0, 0.05) is 36.3 Å². The summed E-state index contributed by atoms with van der Waals surface area (Å²) in [7, 11) is 0. The first-order valence-corrected chi connectivity index (χ1v) is 6.33. The first-order chi connectivity index (χ1) is 9.22. The van der Waals surface area contributed by atoms with Crippen molar-refractivity contribution < 1.29 is 0 Å². The van der Waals surface area contributed by atoms with Crippen LogP contribution in [-0.2, 0) is 6.54 Å². The van der Waals surface area contributed by atoms with Gasteiger partial charge in [0.15, 0.2) is 5.65 Å². The SMILES string of the molecule is Cc1cc2ncc(CNc3ccccc3C)cn2n1. The molecule has 0 atom stereocenters. The van der Waals surface area contributed by atoms with Crippen molar-refractivity contribution in [1.82, 2.24) is 14.6 Å². The van der Waals surface area contributed by atoms with Crippen molar-refractivity contribution >= 4 is 11.3 Å². The molecule has 0 unspecified atom stereocenters. The van der Waals surface area contributed by atoms with E-state index >= 15 is 0 Å². The first-order valence-electron chi connectivity index (χ1n) is 6.33. The second-order valence-electron chi connectivity index (χ2n) is 4.72. The van der Waals surface area contributed by atoms with Crippen LogP contribution in [0.2, 0.25) is 0 Å². The largest absolute Gasteiger partial charge is 0.381 e. The van der Waals surface area contributed by atoms with Gasteiger partial charge in [-0.15, -0.1) is 0 Å². The third kappa shape index (κ3) is 2.42. The maximum absolute atomic E-state index is 4.40. The van der Waals surface area contributed by atoms with E-state index in [0.29, 0.717) is 0 Å². The number of aryl methyl sites for hydroxylation is 2. The zero-order valence-corrected chi connectivity index (χ0v) is 11.1. The van der Waals surface area contributed by atoms with E-state index in [-0.39, 0.29) is 0 Å². The predicted octanol–water partition coefficient (Wildman–Crippen LogP) is 2.96. The molecule has 2 heterocycles. The zero-order valence-electron chi connectivity index (χ0n) is 11.1. The fraction of sp³-hybridized carbons (Fsp3) is 0.200. The summed E-state index contributed by atoms with van der Waals surface area (Å²) in [5.41, 5.74) is 5.37. The molecule has 0 spiro atoms. The molecule has 0 radical (unpaired) electrons. The van der Waals surface area contributed by atoms with Crippen LogP contribution in [0.1, 0.15) is 16.8 Å². The Morgan fingerprint density at radius 3 is 2.89 bits per heavy atom. The minimum atomic E-state index is 0.743. The zero-order chi connectivity index (χ0) is 13.2. The van der Waals surface area contributed by atoms with E-state index in [1.165, 1.54) is 5.56 Å². The number of para-hydroxylation sites is 1. The number of nitrogens with zero attached hydrogens (tertiary/aromatic N) is 3. The monoisotopic (exact) mass is 252 g/mol. The van der Waals surface area contributed by atoms with E-state index < -0.39 is 0 Å². The Kier molecular flexibility index (Phi) is 2.91. The molecule has 4 nitrogen and oxygen atoms in total. The van der Waals surface area contributed by atoms with Gasteiger partial charge in [-0.25, -0.2) is 9.50 Å². The molecular formula is C15H16N4. The molecule has 0 aliphatic carbocycles. The molecule has 0 amide bonds. The summed E-state index contributed by atoms with van der Waals surface area (Å²) in [6.07, 6.45) is 3.91. The van der Waals surface area contributed by atoms with Gasteiger partial charge in [-0.1, -0.05) is 18.2 Å². The molecule has 0 fully saturated rings. The minimum absolute atomic E-state index is 0.743. The van der Waals surface area contributed by atoms with Gasteiger partial charge in [-0.05, 0) is 25.5 Å². The molecular weight excluding hydrogens is 236 g/mol. The lowest BCUT2D eigenvalue weighted by atomic mass is 10.2. The molecule has 3 aromatic rings. The summed E-state index contributed by atoms with van der Waals surface area (Å²) in [4.78, 5) is 4.40. The molecule has 1 aromatic carbocycles. The van der Waals surface area contributed by atoms with E-state index in [2.05, 4.69) is 34.5 Å². The normalized spacial score (nSPS) is 10.8. The smallest absolute Gasteiger partial charge is 0.155 e. The summed E-state index contributed by atoms with van der Waals surface area (Å²) < 4.78 is 1.82. The number of rotatable bonds is 3. The molecule has 4 heteroatoms. The van der Waals surface area contributed by atoms with E-state index in [0.717, 1.165) is 29.1 Å². The molecule has 0 saturated carbocycles. The molecule has 0 bridgehead atoms. The van der Waals surface area contributed by atoms with Gasteiger partial charge in [0.1, 0.15) is 0 Å². The van der Waals surface area contributed by atoms with Crippen LogP contribution in [0.15, 0.2) is 42.7 Å². The average Bonchev–Trinajstić information content (AvgIpc) is 2.77. The van der Waals surface area contributed by atoms with Crippen molar-refractivity contribution in [1.29, 1.82) is 0 Å². The van der Waals surface area contributed by atoms with Gasteiger partial charge in [-0.3, -0.25) is 0 Å². The van der Waals surface area contributed by atoms with Crippen LogP contribution >= 0.6 is 0 Å². The third-order valence-electron chi connectivity index (χ3n) is 3.12. The maximum Gasteiger partial charge on any atom is 0.155 e. The fourth-order valence-electron chi connectivity index (χ4n) is 2.09. The highest BCUT2D eigenvalue weighted by Gasteiger charge is 2.01. The Balaban J connectivity index is 1.80. The van der Waals surface area contributed by atoms with Gasteiger partial charge in [-0.2, -0.15) is 5.10 Å². The Morgan fingerprint density at radius 1 is 1.21 bits per heavy atom. The van der Waals surface area contributed by atoms with Gasteiger partial charge in [0.25, 0.3) is 0 Å². The Bertz CT molecular complexity index is 715. The quantitative estimate of drug-likeness (QED) is 0.779. The lowest BCUT2D eigenvalue weighted by Crippen LogP contribution is -2.03. The lowest BCUT2D eigenvalue weighted by Gasteiger charge is -2.09. The molecule has 3 rings (SSSR count). The number of aromatic nitrogens is 3. The van der Waals surface area contributed by atoms with Crippen LogP contribution in [0.5, 0.6) is 0 Å². The van der Waals surface area contributed by atoms with Gasteiger partial charge < -0.3 is 5.32 Å². The van der Waals surface area contributed by atoms with Crippen LogP contribution in [0.3, 0.4) is 0 Å². The van der Waals surface area contributed by atoms with Crippen molar-refractivity contribution in [3.63, 3.8) is 0 Å². The lowest BCUT2D eigenvalue weighted by molar-refractivity contribution is 0.895. The van der Waals surface area contributed by atoms with Crippen LogP contribution in [-0.4, -0.2) is 14.6 Å². The molecule has 19 heavy (non-hydrogen) atoms. The highest BCUT2D eigenvalue weighted by Crippen LogP contribution is 2.14. The van der Waals surface area contributed by atoms with Crippen LogP contribution in [0, 0.1) is 13.8 Å². The number of anilines is 1. The van der Waals surface area contributed by atoms with Crippen LogP contribution < -0.4 is 5.32 Å². The number of benzene rings is 1. The van der Waals surface area contributed by atoms with Gasteiger partial charge in [0.05, 0.1) is 5.69 Å². The number of fused-ring (bicyclic) bond motifs is 1. The van der Waals surface area contributed by atoms with E-state index in [1.54, 1.807) is 0 Å². The molecule has 0 saturated heterocycles. The van der Waals surface area contributed by atoms with Crippen LogP contribution in [0.4, 0.5) is 5.69 Å². The van der Waals surface area contributed by atoms with Crippen molar-refractivity contribution in [2.45, 2.75) is 20.4 Å². The third-order valence-corrected chi connectivity index (χ3v) is 3.12. The van der Waals surface area contributed by atoms with Crippen molar-refractivity contribution in [3.05, 3.63) is 59.5 Å². The molecule has 0 aliphatic heterocycles. The van der Waals surface area contributed by atoms with E-state index in [9.17, 15) is 0 Å². The van der Waals surface area contributed by atoms with Crippen molar-refractivity contribution in [2.75, 3.05) is 5.32 Å². The Hall–Kier alpha value is -2.36. The Labute approximate surface area is 112 Å². The Morgan fingerprint density at radius 2 is 2.05 bits per heavy atom. The van der Waals surface area contributed by atoms with Crippen molar-refractivity contribution in [2.24, 2.45) is 0 Å². The standard InChI is InChI=1S/C15H16N4/c1-11-5-3-4-6-14(11)16-8-13-9-17-15-7-12(2)18-19(15)10-13/h3-7,9-10,16H,8H2,1-2H3. The summed E-state index contributed by atoms with van der Waals surface area (Å²) >= 11 is 0. The topological polar surface area (TPSA) is 42.2 Å². The number of hydrogen-bond donors (Lipinski definition) is 1.